The highest BCUT2D eigenvalue weighted by Gasteiger charge is 2.54. The van der Waals surface area contributed by atoms with Gasteiger partial charge in [-0.05, 0) is 6.92 Å². The average molecular weight is 226 g/mol. The van der Waals surface area contributed by atoms with Crippen LogP contribution in [0.4, 0.5) is 13.2 Å². The molecule has 88 valence electrons. The molecule has 0 aliphatic carbocycles. The van der Waals surface area contributed by atoms with Gasteiger partial charge in [-0.2, -0.15) is 13.2 Å². The highest BCUT2D eigenvalue weighted by Crippen LogP contribution is 2.37. The molecule has 1 aliphatic rings. The summed E-state index contributed by atoms with van der Waals surface area (Å²) < 4.78 is 46.0. The topological polar surface area (TPSA) is 35.5 Å². The minimum atomic E-state index is -4.38. The van der Waals surface area contributed by atoms with Gasteiger partial charge in [0.15, 0.2) is 6.10 Å². The van der Waals surface area contributed by atoms with Crippen LogP contribution in [0.3, 0.4) is 0 Å². The van der Waals surface area contributed by atoms with Crippen molar-refractivity contribution in [3.63, 3.8) is 0 Å². The SMILES string of the molecule is CCC(=O)OC(C)C1COC1C(F)(F)F. The maximum Gasteiger partial charge on any atom is 0.415 e. The van der Waals surface area contributed by atoms with Crippen LogP contribution < -0.4 is 0 Å². The van der Waals surface area contributed by atoms with Crippen molar-refractivity contribution in [3.05, 3.63) is 0 Å². The van der Waals surface area contributed by atoms with Crippen LogP contribution in [0.15, 0.2) is 0 Å². The minimum Gasteiger partial charge on any atom is -0.462 e. The summed E-state index contributed by atoms with van der Waals surface area (Å²) in [5, 5.41) is 0. The molecule has 0 saturated carbocycles. The summed E-state index contributed by atoms with van der Waals surface area (Å²) in [6.45, 7) is 3.04. The van der Waals surface area contributed by atoms with Gasteiger partial charge in [0.2, 0.25) is 0 Å². The molecule has 0 amide bonds. The minimum absolute atomic E-state index is 0.0116. The van der Waals surface area contributed by atoms with Crippen molar-refractivity contribution in [1.29, 1.82) is 0 Å². The Bertz CT molecular complexity index is 239. The van der Waals surface area contributed by atoms with Crippen molar-refractivity contribution in [2.24, 2.45) is 5.92 Å². The molecule has 1 heterocycles. The van der Waals surface area contributed by atoms with Crippen LogP contribution in [0.5, 0.6) is 0 Å². The van der Waals surface area contributed by atoms with E-state index in [1.807, 2.05) is 0 Å². The summed E-state index contributed by atoms with van der Waals surface area (Å²) in [5.41, 5.74) is 0. The number of esters is 1. The third-order valence-corrected chi connectivity index (χ3v) is 2.39. The fourth-order valence-corrected chi connectivity index (χ4v) is 1.40. The van der Waals surface area contributed by atoms with E-state index in [9.17, 15) is 18.0 Å². The van der Waals surface area contributed by atoms with E-state index in [0.717, 1.165) is 0 Å². The second-order valence-electron chi connectivity index (χ2n) is 3.51. The Hall–Kier alpha value is -0.780. The van der Waals surface area contributed by atoms with E-state index in [1.165, 1.54) is 6.92 Å². The van der Waals surface area contributed by atoms with Crippen molar-refractivity contribution in [2.75, 3.05) is 6.61 Å². The summed E-state index contributed by atoms with van der Waals surface area (Å²) in [5.74, 6) is -1.27. The number of rotatable bonds is 3. The maximum atomic E-state index is 12.3. The van der Waals surface area contributed by atoms with Crippen molar-refractivity contribution in [3.8, 4) is 0 Å². The van der Waals surface area contributed by atoms with E-state index in [4.69, 9.17) is 4.74 Å². The van der Waals surface area contributed by atoms with Gasteiger partial charge >= 0.3 is 12.1 Å². The molecule has 1 rings (SSSR count). The van der Waals surface area contributed by atoms with E-state index < -0.39 is 30.3 Å². The number of hydrogen-bond donors (Lipinski definition) is 0. The second kappa shape index (κ2) is 4.38. The predicted octanol–water partition coefficient (Wildman–Crippen LogP) is 1.91. The van der Waals surface area contributed by atoms with Gasteiger partial charge in [-0.3, -0.25) is 4.79 Å². The molecule has 1 aliphatic heterocycles. The molecule has 6 heteroatoms. The van der Waals surface area contributed by atoms with Crippen molar-refractivity contribution < 1.29 is 27.4 Å². The van der Waals surface area contributed by atoms with Crippen LogP contribution in [0.1, 0.15) is 20.3 Å². The van der Waals surface area contributed by atoms with E-state index in [1.54, 1.807) is 6.92 Å². The molecule has 3 atom stereocenters. The summed E-state index contributed by atoms with van der Waals surface area (Å²) in [7, 11) is 0. The van der Waals surface area contributed by atoms with Gasteiger partial charge in [0.1, 0.15) is 6.10 Å². The first-order valence-corrected chi connectivity index (χ1v) is 4.74. The zero-order valence-electron chi connectivity index (χ0n) is 8.50. The molecule has 0 bridgehead atoms. The fraction of sp³-hybridized carbons (Fsp3) is 0.889. The molecule has 3 unspecified atom stereocenters. The van der Waals surface area contributed by atoms with Crippen LogP contribution in [0.25, 0.3) is 0 Å². The van der Waals surface area contributed by atoms with Gasteiger partial charge in [-0.15, -0.1) is 0 Å². The Balaban J connectivity index is 2.47. The molecular weight excluding hydrogens is 213 g/mol. The quantitative estimate of drug-likeness (QED) is 0.689. The lowest BCUT2D eigenvalue weighted by atomic mass is 9.92. The number of halogens is 3. The number of carbonyl (C=O) groups is 1. The first-order valence-electron chi connectivity index (χ1n) is 4.74. The van der Waals surface area contributed by atoms with Crippen LogP contribution in [-0.2, 0) is 14.3 Å². The third-order valence-electron chi connectivity index (χ3n) is 2.39. The highest BCUT2D eigenvalue weighted by atomic mass is 19.4. The molecule has 0 spiro atoms. The van der Waals surface area contributed by atoms with Crippen LogP contribution in [0, 0.1) is 5.92 Å². The number of ether oxygens (including phenoxy) is 2. The number of hydrogen-bond acceptors (Lipinski definition) is 3. The summed E-state index contributed by atoms with van der Waals surface area (Å²) in [4.78, 5) is 10.9. The van der Waals surface area contributed by atoms with Crippen LogP contribution in [0.2, 0.25) is 0 Å². The molecule has 0 radical (unpaired) electrons. The largest absolute Gasteiger partial charge is 0.462 e. The maximum absolute atomic E-state index is 12.3. The molecular formula is C9H13F3O3. The predicted molar refractivity (Wildman–Crippen MR) is 45.1 cm³/mol. The monoisotopic (exact) mass is 226 g/mol. The molecule has 1 saturated heterocycles. The van der Waals surface area contributed by atoms with E-state index in [-0.39, 0.29) is 13.0 Å². The second-order valence-corrected chi connectivity index (χ2v) is 3.51. The van der Waals surface area contributed by atoms with Crippen molar-refractivity contribution in [1.82, 2.24) is 0 Å². The van der Waals surface area contributed by atoms with Crippen molar-refractivity contribution >= 4 is 5.97 Å². The smallest absolute Gasteiger partial charge is 0.415 e. The van der Waals surface area contributed by atoms with E-state index >= 15 is 0 Å². The fourth-order valence-electron chi connectivity index (χ4n) is 1.40. The Morgan fingerprint density at radius 3 is 2.53 bits per heavy atom. The van der Waals surface area contributed by atoms with Gasteiger partial charge in [-0.1, -0.05) is 6.92 Å². The van der Waals surface area contributed by atoms with Gasteiger partial charge in [-0.25, -0.2) is 0 Å². The normalized spacial score (nSPS) is 28.1. The molecule has 0 aromatic rings. The highest BCUT2D eigenvalue weighted by molar-refractivity contribution is 5.69. The summed E-state index contributed by atoms with van der Waals surface area (Å²) >= 11 is 0. The summed E-state index contributed by atoms with van der Waals surface area (Å²) in [6.07, 6.45) is -6.76. The lowest BCUT2D eigenvalue weighted by Gasteiger charge is -2.40. The molecule has 3 nitrogen and oxygen atoms in total. The Kier molecular flexibility index (Phi) is 3.59. The summed E-state index contributed by atoms with van der Waals surface area (Å²) in [6, 6.07) is 0. The molecule has 0 aromatic heterocycles. The van der Waals surface area contributed by atoms with Gasteiger partial charge in [0, 0.05) is 6.42 Å². The molecule has 0 aromatic carbocycles. The van der Waals surface area contributed by atoms with Gasteiger partial charge < -0.3 is 9.47 Å². The Labute approximate surface area is 85.5 Å². The van der Waals surface area contributed by atoms with Gasteiger partial charge in [0.05, 0.1) is 12.5 Å². The zero-order chi connectivity index (χ0) is 11.6. The lowest BCUT2D eigenvalue weighted by molar-refractivity contribution is -0.301. The van der Waals surface area contributed by atoms with Crippen LogP contribution in [-0.4, -0.2) is 31.0 Å². The lowest BCUT2D eigenvalue weighted by Crippen LogP contribution is -2.54. The molecule has 0 N–H and O–H groups in total. The Morgan fingerprint density at radius 1 is 1.60 bits per heavy atom. The molecule has 1 fully saturated rings. The van der Waals surface area contributed by atoms with Gasteiger partial charge in [0.25, 0.3) is 0 Å². The Morgan fingerprint density at radius 2 is 2.20 bits per heavy atom. The average Bonchev–Trinajstić information content (AvgIpc) is 1.98. The first kappa shape index (κ1) is 12.3. The van der Waals surface area contributed by atoms with Crippen molar-refractivity contribution in [2.45, 2.75) is 38.7 Å². The van der Waals surface area contributed by atoms with E-state index in [0.29, 0.717) is 0 Å². The standard InChI is InChI=1S/C9H13F3O3/c1-3-7(13)15-5(2)6-4-14-8(6)9(10,11)12/h5-6,8H,3-4H2,1-2H3. The number of carbonyl (C=O) groups excluding carboxylic acids is 1. The first-order chi connectivity index (χ1) is 6.86. The van der Waals surface area contributed by atoms with Crippen LogP contribution >= 0.6 is 0 Å². The van der Waals surface area contributed by atoms with E-state index in [2.05, 4.69) is 4.74 Å². The number of alkyl halides is 3. The molecule has 15 heavy (non-hydrogen) atoms. The zero-order valence-corrected chi connectivity index (χ0v) is 8.50. The third kappa shape index (κ3) is 2.84.